The Hall–Kier alpha value is -0.860. The van der Waals surface area contributed by atoms with E-state index in [-0.39, 0.29) is 23.8 Å². The van der Waals surface area contributed by atoms with Gasteiger partial charge in [0.1, 0.15) is 0 Å². The smallest absolute Gasteiger partial charge is 0.316 e. The minimum atomic E-state index is -0.276. The molecule has 0 spiro atoms. The van der Waals surface area contributed by atoms with Gasteiger partial charge in [-0.25, -0.2) is 0 Å². The second-order valence-corrected chi connectivity index (χ2v) is 13.7. The van der Waals surface area contributed by atoms with Crippen LogP contribution in [0.4, 0.5) is 0 Å². The van der Waals surface area contributed by atoms with E-state index in [0.29, 0.717) is 0 Å². The average Bonchev–Trinajstić information content (AvgIpc) is 3.01. The molecule has 0 aliphatic rings. The van der Waals surface area contributed by atoms with Crippen LogP contribution in [0.15, 0.2) is 0 Å². The lowest BCUT2D eigenvalue weighted by molar-refractivity contribution is -0.166. The molecule has 3 nitrogen and oxygen atoms in total. The van der Waals surface area contributed by atoms with Gasteiger partial charge in [0.25, 0.3) is 0 Å². The van der Waals surface area contributed by atoms with Crippen molar-refractivity contribution in [2.75, 3.05) is 0 Å². The molecular formula is C40H78O3. The van der Waals surface area contributed by atoms with Crippen molar-refractivity contribution in [2.24, 2.45) is 11.8 Å². The molecule has 0 aromatic heterocycles. The SMILES string of the molecule is CCCCCCCCCCCCCCCCC(CC)C(=O)OC(=O)C(CC)CCCCCCCCCCCCCCCC. The van der Waals surface area contributed by atoms with Gasteiger partial charge < -0.3 is 4.74 Å². The van der Waals surface area contributed by atoms with Crippen molar-refractivity contribution in [3.05, 3.63) is 0 Å². The number of rotatable bonds is 34. The molecule has 256 valence electrons. The van der Waals surface area contributed by atoms with Crippen molar-refractivity contribution in [3.8, 4) is 0 Å². The van der Waals surface area contributed by atoms with Crippen LogP contribution in [0, 0.1) is 11.8 Å². The summed E-state index contributed by atoms with van der Waals surface area (Å²) in [7, 11) is 0. The molecule has 3 heteroatoms. The number of hydrogen-bond donors (Lipinski definition) is 0. The van der Waals surface area contributed by atoms with E-state index in [4.69, 9.17) is 4.74 Å². The highest BCUT2D eigenvalue weighted by molar-refractivity contribution is 5.87. The first-order valence-electron chi connectivity index (χ1n) is 19.9. The maximum absolute atomic E-state index is 12.7. The van der Waals surface area contributed by atoms with Gasteiger partial charge >= 0.3 is 11.9 Å². The Morgan fingerprint density at radius 2 is 0.558 bits per heavy atom. The molecule has 0 saturated heterocycles. The van der Waals surface area contributed by atoms with Gasteiger partial charge in [-0.2, -0.15) is 0 Å². The maximum Gasteiger partial charge on any atom is 0.316 e. The monoisotopic (exact) mass is 607 g/mol. The fourth-order valence-electron chi connectivity index (χ4n) is 6.41. The van der Waals surface area contributed by atoms with Gasteiger partial charge in [-0.3, -0.25) is 9.59 Å². The first kappa shape index (κ1) is 42.1. The van der Waals surface area contributed by atoms with Crippen LogP contribution in [-0.2, 0) is 14.3 Å². The molecule has 0 aliphatic carbocycles. The van der Waals surface area contributed by atoms with Crippen LogP contribution in [0.3, 0.4) is 0 Å². The predicted molar refractivity (Wildman–Crippen MR) is 189 cm³/mol. The minimum Gasteiger partial charge on any atom is -0.393 e. The van der Waals surface area contributed by atoms with Gasteiger partial charge in [0, 0.05) is 0 Å². The van der Waals surface area contributed by atoms with E-state index in [0.717, 1.165) is 38.5 Å². The van der Waals surface area contributed by atoms with Gasteiger partial charge in [-0.1, -0.05) is 207 Å². The molecule has 0 N–H and O–H groups in total. The Balaban J connectivity index is 3.78. The fourth-order valence-corrected chi connectivity index (χ4v) is 6.41. The average molecular weight is 607 g/mol. The molecule has 0 saturated carbocycles. The minimum absolute atomic E-state index is 0.125. The molecule has 0 aliphatic heterocycles. The molecule has 0 rings (SSSR count). The molecule has 0 radical (unpaired) electrons. The Morgan fingerprint density at radius 3 is 0.767 bits per heavy atom. The van der Waals surface area contributed by atoms with E-state index in [1.807, 2.05) is 13.8 Å². The molecule has 0 heterocycles. The van der Waals surface area contributed by atoms with E-state index in [9.17, 15) is 9.59 Å². The van der Waals surface area contributed by atoms with Gasteiger partial charge in [0.15, 0.2) is 0 Å². The van der Waals surface area contributed by atoms with Crippen LogP contribution in [-0.4, -0.2) is 11.9 Å². The molecule has 43 heavy (non-hydrogen) atoms. The standard InChI is InChI=1S/C40H78O3/c1-5-9-11-13-15-17-19-21-23-25-27-29-31-33-35-37(7-3)39(41)43-40(42)38(8-4)36-34-32-30-28-26-24-22-20-18-16-14-12-10-6-2/h37-38H,5-36H2,1-4H3. The molecule has 2 unspecified atom stereocenters. The quantitative estimate of drug-likeness (QED) is 0.0416. The molecule has 0 bridgehead atoms. The number of esters is 2. The molecule has 0 fully saturated rings. The summed E-state index contributed by atoms with van der Waals surface area (Å²) in [6, 6.07) is 0. The lowest BCUT2D eigenvalue weighted by Gasteiger charge is -2.17. The first-order valence-corrected chi connectivity index (χ1v) is 19.9. The highest BCUT2D eigenvalue weighted by atomic mass is 16.6. The topological polar surface area (TPSA) is 43.4 Å². The van der Waals surface area contributed by atoms with Crippen LogP contribution in [0.1, 0.15) is 233 Å². The Kier molecular flexibility index (Phi) is 33.3. The zero-order chi connectivity index (χ0) is 31.6. The summed E-state index contributed by atoms with van der Waals surface area (Å²) < 4.78 is 5.42. The number of ether oxygens (including phenoxy) is 1. The number of unbranched alkanes of at least 4 members (excludes halogenated alkanes) is 26. The van der Waals surface area contributed by atoms with Crippen molar-refractivity contribution in [1.29, 1.82) is 0 Å². The van der Waals surface area contributed by atoms with Crippen molar-refractivity contribution in [2.45, 2.75) is 233 Å². The van der Waals surface area contributed by atoms with Gasteiger partial charge in [-0.15, -0.1) is 0 Å². The number of carbonyl (C=O) groups excluding carboxylic acids is 2. The van der Waals surface area contributed by atoms with Gasteiger partial charge in [0.2, 0.25) is 0 Å². The summed E-state index contributed by atoms with van der Waals surface area (Å²) in [4.78, 5) is 25.5. The molecule has 0 amide bonds. The van der Waals surface area contributed by atoms with Crippen molar-refractivity contribution in [1.82, 2.24) is 0 Å². The van der Waals surface area contributed by atoms with Crippen molar-refractivity contribution in [3.63, 3.8) is 0 Å². The van der Waals surface area contributed by atoms with Crippen molar-refractivity contribution >= 4 is 11.9 Å². The lowest BCUT2D eigenvalue weighted by atomic mass is 9.96. The van der Waals surface area contributed by atoms with Crippen LogP contribution >= 0.6 is 0 Å². The van der Waals surface area contributed by atoms with Crippen LogP contribution in [0.2, 0.25) is 0 Å². The summed E-state index contributed by atoms with van der Waals surface area (Å²) in [6.07, 6.45) is 40.8. The van der Waals surface area contributed by atoms with Crippen LogP contribution < -0.4 is 0 Å². The summed E-state index contributed by atoms with van der Waals surface area (Å²) >= 11 is 0. The van der Waals surface area contributed by atoms with Crippen molar-refractivity contribution < 1.29 is 14.3 Å². The van der Waals surface area contributed by atoms with E-state index in [2.05, 4.69) is 13.8 Å². The second-order valence-electron chi connectivity index (χ2n) is 13.7. The largest absolute Gasteiger partial charge is 0.393 e. The normalized spacial score (nSPS) is 12.8. The summed E-state index contributed by atoms with van der Waals surface area (Å²) in [5.41, 5.74) is 0. The Labute approximate surface area is 270 Å². The van der Waals surface area contributed by atoms with Gasteiger partial charge in [0.05, 0.1) is 11.8 Å². The Morgan fingerprint density at radius 1 is 0.349 bits per heavy atom. The third-order valence-electron chi connectivity index (χ3n) is 9.67. The van der Waals surface area contributed by atoms with Crippen LogP contribution in [0.25, 0.3) is 0 Å². The summed E-state index contributed by atoms with van der Waals surface area (Å²) in [6.45, 7) is 8.66. The van der Waals surface area contributed by atoms with Crippen LogP contribution in [0.5, 0.6) is 0 Å². The van der Waals surface area contributed by atoms with Gasteiger partial charge in [-0.05, 0) is 25.7 Å². The molecular weight excluding hydrogens is 528 g/mol. The fraction of sp³-hybridized carbons (Fsp3) is 0.950. The van der Waals surface area contributed by atoms with E-state index < -0.39 is 0 Å². The zero-order valence-electron chi connectivity index (χ0n) is 30.0. The molecule has 0 aromatic rings. The number of hydrogen-bond acceptors (Lipinski definition) is 3. The molecule has 0 aromatic carbocycles. The summed E-state index contributed by atoms with van der Waals surface area (Å²) in [5.74, 6) is -0.803. The van der Waals surface area contributed by atoms with E-state index >= 15 is 0 Å². The highest BCUT2D eigenvalue weighted by Crippen LogP contribution is 2.21. The maximum atomic E-state index is 12.7. The third-order valence-corrected chi connectivity index (χ3v) is 9.67. The molecule has 2 atom stereocenters. The summed E-state index contributed by atoms with van der Waals surface area (Å²) in [5, 5.41) is 0. The Bertz CT molecular complexity index is 536. The second kappa shape index (κ2) is 34.0. The van der Waals surface area contributed by atoms with E-state index in [1.165, 1.54) is 167 Å². The highest BCUT2D eigenvalue weighted by Gasteiger charge is 2.25. The first-order chi connectivity index (χ1) is 21.1. The third kappa shape index (κ3) is 28.4. The lowest BCUT2D eigenvalue weighted by Crippen LogP contribution is -2.25. The zero-order valence-corrected chi connectivity index (χ0v) is 30.0. The number of carbonyl (C=O) groups is 2. The van der Waals surface area contributed by atoms with E-state index in [1.54, 1.807) is 0 Å². The predicted octanol–water partition coefficient (Wildman–Crippen LogP) is 13.9.